The van der Waals surface area contributed by atoms with Crippen LogP contribution < -0.4 is 0 Å². The van der Waals surface area contributed by atoms with Crippen LogP contribution in [0.2, 0.25) is 10.0 Å². The summed E-state index contributed by atoms with van der Waals surface area (Å²) in [7, 11) is 0. The van der Waals surface area contributed by atoms with Gasteiger partial charge in [0.15, 0.2) is 0 Å². The number of carbonyl (C=O) groups excluding carboxylic acids is 1. The van der Waals surface area contributed by atoms with Crippen molar-refractivity contribution in [3.63, 3.8) is 0 Å². The molecule has 0 radical (unpaired) electrons. The van der Waals surface area contributed by atoms with Crippen molar-refractivity contribution in [2.75, 3.05) is 39.3 Å². The number of benzene rings is 2. The van der Waals surface area contributed by atoms with Gasteiger partial charge in [0.05, 0.1) is 6.54 Å². The molecule has 2 aromatic carbocycles. The van der Waals surface area contributed by atoms with E-state index in [-0.39, 0.29) is 5.91 Å². The number of hydrogen-bond acceptors (Lipinski definition) is 3. The Labute approximate surface area is 194 Å². The molecular weight excluding hydrogens is 429 g/mol. The molecule has 1 saturated heterocycles. The SMILES string of the molecule is O=C(CN1CCc2cc(-c3cc(Cl)cc(Cl)c3)ccc2C1)N1CCN(C2CCC2)CC1. The van der Waals surface area contributed by atoms with Crippen molar-refractivity contribution < 1.29 is 4.79 Å². The Morgan fingerprint density at radius 2 is 1.61 bits per heavy atom. The zero-order valence-electron chi connectivity index (χ0n) is 17.8. The lowest BCUT2D eigenvalue weighted by atomic mass is 9.91. The van der Waals surface area contributed by atoms with E-state index in [0.717, 1.165) is 62.9 Å². The van der Waals surface area contributed by atoms with Gasteiger partial charge in [-0.15, -0.1) is 0 Å². The highest BCUT2D eigenvalue weighted by Gasteiger charge is 2.30. The predicted molar refractivity (Wildman–Crippen MR) is 127 cm³/mol. The minimum Gasteiger partial charge on any atom is -0.339 e. The number of hydrogen-bond donors (Lipinski definition) is 0. The van der Waals surface area contributed by atoms with Gasteiger partial charge in [0.25, 0.3) is 0 Å². The molecule has 0 atom stereocenters. The lowest BCUT2D eigenvalue weighted by Gasteiger charge is -2.43. The number of amides is 1. The van der Waals surface area contributed by atoms with Crippen molar-refractivity contribution in [2.45, 2.75) is 38.3 Å². The van der Waals surface area contributed by atoms with Gasteiger partial charge in [-0.1, -0.05) is 47.8 Å². The molecule has 1 aliphatic carbocycles. The van der Waals surface area contributed by atoms with Gasteiger partial charge in [-0.3, -0.25) is 14.6 Å². The van der Waals surface area contributed by atoms with Gasteiger partial charge in [-0.25, -0.2) is 0 Å². The Balaban J connectivity index is 1.18. The monoisotopic (exact) mass is 457 g/mol. The second-order valence-electron chi connectivity index (χ2n) is 9.10. The second-order valence-corrected chi connectivity index (χ2v) is 9.98. The van der Waals surface area contributed by atoms with Crippen molar-refractivity contribution in [1.82, 2.24) is 14.7 Å². The fourth-order valence-corrected chi connectivity index (χ4v) is 5.55. The zero-order valence-corrected chi connectivity index (χ0v) is 19.3. The first kappa shape index (κ1) is 21.3. The molecule has 3 aliphatic rings. The fourth-order valence-electron chi connectivity index (χ4n) is 5.03. The highest BCUT2D eigenvalue weighted by Crippen LogP contribution is 2.30. The molecule has 164 valence electrons. The first-order chi connectivity index (χ1) is 15.0. The highest BCUT2D eigenvalue weighted by molar-refractivity contribution is 6.35. The summed E-state index contributed by atoms with van der Waals surface area (Å²) in [6, 6.07) is 13.0. The summed E-state index contributed by atoms with van der Waals surface area (Å²) in [6.45, 7) is 6.11. The average Bonchev–Trinajstić information content (AvgIpc) is 2.72. The molecule has 2 aliphatic heterocycles. The molecular formula is C25H29Cl2N3O. The Morgan fingerprint density at radius 1 is 0.871 bits per heavy atom. The van der Waals surface area contributed by atoms with E-state index in [2.05, 4.69) is 32.9 Å². The smallest absolute Gasteiger partial charge is 0.236 e. The second kappa shape index (κ2) is 9.11. The van der Waals surface area contributed by atoms with Crippen molar-refractivity contribution in [2.24, 2.45) is 0 Å². The van der Waals surface area contributed by atoms with E-state index in [0.29, 0.717) is 16.6 Å². The van der Waals surface area contributed by atoms with Crippen LogP contribution in [0.3, 0.4) is 0 Å². The highest BCUT2D eigenvalue weighted by atomic mass is 35.5. The average molecular weight is 458 g/mol. The van der Waals surface area contributed by atoms with E-state index in [1.165, 1.54) is 30.4 Å². The molecule has 31 heavy (non-hydrogen) atoms. The Bertz CT molecular complexity index is 947. The summed E-state index contributed by atoms with van der Waals surface area (Å²) >= 11 is 12.4. The predicted octanol–water partition coefficient (Wildman–Crippen LogP) is 4.72. The van der Waals surface area contributed by atoms with E-state index in [1.54, 1.807) is 6.07 Å². The Hall–Kier alpha value is -1.59. The number of piperazine rings is 1. The third kappa shape index (κ3) is 4.78. The summed E-state index contributed by atoms with van der Waals surface area (Å²) in [5.41, 5.74) is 4.84. The Morgan fingerprint density at radius 3 is 2.29 bits per heavy atom. The molecule has 6 heteroatoms. The lowest BCUT2D eigenvalue weighted by molar-refractivity contribution is -0.135. The van der Waals surface area contributed by atoms with Crippen molar-refractivity contribution >= 4 is 29.1 Å². The largest absolute Gasteiger partial charge is 0.339 e. The fraction of sp³-hybridized carbons (Fsp3) is 0.480. The van der Waals surface area contributed by atoms with E-state index < -0.39 is 0 Å². The molecule has 0 unspecified atom stereocenters. The molecule has 2 heterocycles. The van der Waals surface area contributed by atoms with Crippen molar-refractivity contribution in [1.29, 1.82) is 0 Å². The van der Waals surface area contributed by atoms with Crippen LogP contribution in [0.15, 0.2) is 36.4 Å². The van der Waals surface area contributed by atoms with Crippen molar-refractivity contribution in [3.05, 3.63) is 57.6 Å². The molecule has 5 rings (SSSR count). The maximum Gasteiger partial charge on any atom is 0.236 e. The first-order valence-electron chi connectivity index (χ1n) is 11.4. The van der Waals surface area contributed by atoms with E-state index in [4.69, 9.17) is 23.2 Å². The Kier molecular flexibility index (Phi) is 6.25. The number of rotatable bonds is 4. The zero-order chi connectivity index (χ0) is 21.4. The molecule has 0 N–H and O–H groups in total. The molecule has 1 amide bonds. The van der Waals surface area contributed by atoms with Crippen molar-refractivity contribution in [3.8, 4) is 11.1 Å². The van der Waals surface area contributed by atoms with Gasteiger partial charge in [0.2, 0.25) is 5.91 Å². The molecule has 0 aromatic heterocycles. The van der Waals surface area contributed by atoms with E-state index in [1.807, 2.05) is 12.1 Å². The molecule has 4 nitrogen and oxygen atoms in total. The minimum atomic E-state index is 0.280. The summed E-state index contributed by atoms with van der Waals surface area (Å²) < 4.78 is 0. The first-order valence-corrected chi connectivity index (χ1v) is 12.1. The van der Waals surface area contributed by atoms with E-state index in [9.17, 15) is 4.79 Å². The summed E-state index contributed by atoms with van der Waals surface area (Å²) in [5, 5.41) is 1.30. The standard InChI is InChI=1S/C25H29Cl2N3O/c26-22-13-21(14-23(27)15-22)18-4-5-20-16-28(7-6-19(20)12-18)17-25(31)30-10-8-29(9-11-30)24-2-1-3-24/h4-5,12-15,24H,1-3,6-11,16-17H2. The van der Waals surface area contributed by atoms with Gasteiger partial charge in [-0.2, -0.15) is 0 Å². The van der Waals surface area contributed by atoms with Gasteiger partial charge >= 0.3 is 0 Å². The van der Waals surface area contributed by atoms with Gasteiger partial charge in [-0.05, 0) is 59.7 Å². The minimum absolute atomic E-state index is 0.280. The van der Waals surface area contributed by atoms with Crippen LogP contribution in [-0.2, 0) is 17.8 Å². The van der Waals surface area contributed by atoms with E-state index >= 15 is 0 Å². The van der Waals surface area contributed by atoms with Crippen LogP contribution in [-0.4, -0.2) is 65.9 Å². The third-order valence-electron chi connectivity index (χ3n) is 7.11. The molecule has 2 fully saturated rings. The molecule has 2 aromatic rings. The number of nitrogens with zero attached hydrogens (tertiary/aromatic N) is 3. The number of carbonyl (C=O) groups is 1. The number of halogens is 2. The van der Waals surface area contributed by atoms with Crippen LogP contribution in [0.5, 0.6) is 0 Å². The quantitative estimate of drug-likeness (QED) is 0.664. The summed E-state index contributed by atoms with van der Waals surface area (Å²) in [6.07, 6.45) is 5.01. The summed E-state index contributed by atoms with van der Waals surface area (Å²) in [5.74, 6) is 0.280. The van der Waals surface area contributed by atoms with Gasteiger partial charge in [0.1, 0.15) is 0 Å². The van der Waals surface area contributed by atoms with Gasteiger partial charge in [0, 0.05) is 55.4 Å². The van der Waals surface area contributed by atoms with Gasteiger partial charge < -0.3 is 4.90 Å². The topological polar surface area (TPSA) is 26.8 Å². The van der Waals surface area contributed by atoms with Crippen LogP contribution in [0.4, 0.5) is 0 Å². The van der Waals surface area contributed by atoms with Crippen LogP contribution in [0, 0.1) is 0 Å². The summed E-state index contributed by atoms with van der Waals surface area (Å²) in [4.78, 5) is 19.8. The normalized spacial score (nSPS) is 20.4. The van der Waals surface area contributed by atoms with Crippen LogP contribution in [0.1, 0.15) is 30.4 Å². The maximum atomic E-state index is 12.9. The maximum absolute atomic E-state index is 12.9. The molecule has 0 spiro atoms. The molecule has 0 bridgehead atoms. The third-order valence-corrected chi connectivity index (χ3v) is 7.55. The molecule has 1 saturated carbocycles. The van der Waals surface area contributed by atoms with Crippen LogP contribution >= 0.6 is 23.2 Å². The van der Waals surface area contributed by atoms with Crippen LogP contribution in [0.25, 0.3) is 11.1 Å². The lowest BCUT2D eigenvalue weighted by Crippen LogP contribution is -2.55. The number of fused-ring (bicyclic) bond motifs is 1.